The van der Waals surface area contributed by atoms with Crippen LogP contribution in [0.2, 0.25) is 0 Å². The SMILES string of the molecule is COCC1(C(=O)O)CCCN(C(=O)OC(C)(C)C)CC1. The number of carbonyl (C=O) groups excluding carboxylic acids is 1. The van der Waals surface area contributed by atoms with Crippen LogP contribution in [0.4, 0.5) is 4.79 Å². The van der Waals surface area contributed by atoms with Gasteiger partial charge in [0.15, 0.2) is 0 Å². The van der Waals surface area contributed by atoms with E-state index in [0.717, 1.165) is 0 Å². The average molecular weight is 287 g/mol. The number of carboxylic acids is 1. The Kier molecular flexibility index (Phi) is 5.39. The van der Waals surface area contributed by atoms with Crippen LogP contribution in [0.5, 0.6) is 0 Å². The van der Waals surface area contributed by atoms with E-state index in [1.807, 2.05) is 20.8 Å². The Balaban J connectivity index is 2.71. The quantitative estimate of drug-likeness (QED) is 0.860. The first-order valence-electron chi connectivity index (χ1n) is 6.90. The second-order valence-electron chi connectivity index (χ2n) is 6.34. The molecule has 0 saturated carbocycles. The first-order chi connectivity index (χ1) is 9.20. The molecule has 1 aliphatic rings. The third kappa shape index (κ3) is 4.37. The van der Waals surface area contributed by atoms with Gasteiger partial charge in [0, 0.05) is 20.2 Å². The van der Waals surface area contributed by atoms with Gasteiger partial charge in [-0.15, -0.1) is 0 Å². The van der Waals surface area contributed by atoms with Crippen LogP contribution in [0.15, 0.2) is 0 Å². The molecule has 0 radical (unpaired) electrons. The summed E-state index contributed by atoms with van der Waals surface area (Å²) in [5, 5.41) is 9.44. The normalized spacial score (nSPS) is 24.1. The van der Waals surface area contributed by atoms with Gasteiger partial charge in [-0.1, -0.05) is 0 Å². The number of carbonyl (C=O) groups is 2. The largest absolute Gasteiger partial charge is 0.481 e. The summed E-state index contributed by atoms with van der Waals surface area (Å²) in [6.07, 6.45) is 1.15. The molecule has 0 spiro atoms. The lowest BCUT2D eigenvalue weighted by atomic mass is 9.81. The molecular weight excluding hydrogens is 262 g/mol. The Bertz CT molecular complexity index is 363. The van der Waals surface area contributed by atoms with Gasteiger partial charge in [-0.05, 0) is 40.0 Å². The van der Waals surface area contributed by atoms with Crippen molar-refractivity contribution in [1.82, 2.24) is 4.90 Å². The summed E-state index contributed by atoms with van der Waals surface area (Å²) in [6, 6.07) is 0. The van der Waals surface area contributed by atoms with E-state index in [4.69, 9.17) is 9.47 Å². The number of nitrogens with zero attached hydrogens (tertiary/aromatic N) is 1. The number of aliphatic carboxylic acids is 1. The van der Waals surface area contributed by atoms with Gasteiger partial charge in [0.2, 0.25) is 0 Å². The van der Waals surface area contributed by atoms with Crippen LogP contribution in [-0.4, -0.2) is 54.5 Å². The molecular formula is C14H25NO5. The van der Waals surface area contributed by atoms with E-state index in [1.54, 1.807) is 4.90 Å². The van der Waals surface area contributed by atoms with E-state index in [0.29, 0.717) is 32.4 Å². The van der Waals surface area contributed by atoms with Gasteiger partial charge in [0.25, 0.3) is 0 Å². The third-order valence-electron chi connectivity index (χ3n) is 3.47. The van der Waals surface area contributed by atoms with Crippen LogP contribution in [-0.2, 0) is 14.3 Å². The fourth-order valence-electron chi connectivity index (χ4n) is 2.40. The van der Waals surface area contributed by atoms with Crippen LogP contribution in [0, 0.1) is 5.41 Å². The molecule has 0 aromatic rings. The van der Waals surface area contributed by atoms with Crippen molar-refractivity contribution in [2.24, 2.45) is 5.41 Å². The minimum absolute atomic E-state index is 0.171. The molecule has 1 heterocycles. The summed E-state index contributed by atoms with van der Waals surface area (Å²) in [7, 11) is 1.50. The van der Waals surface area contributed by atoms with E-state index >= 15 is 0 Å². The first-order valence-corrected chi connectivity index (χ1v) is 6.90. The molecule has 0 bridgehead atoms. The van der Waals surface area contributed by atoms with Crippen LogP contribution in [0.3, 0.4) is 0 Å². The highest BCUT2D eigenvalue weighted by atomic mass is 16.6. The molecule has 6 heteroatoms. The molecule has 1 amide bonds. The van der Waals surface area contributed by atoms with E-state index in [9.17, 15) is 14.7 Å². The van der Waals surface area contributed by atoms with Gasteiger partial charge in [-0.2, -0.15) is 0 Å². The maximum atomic E-state index is 12.0. The minimum atomic E-state index is -0.897. The highest BCUT2D eigenvalue weighted by Gasteiger charge is 2.41. The molecule has 1 atom stereocenters. The van der Waals surface area contributed by atoms with Crippen molar-refractivity contribution < 1.29 is 24.2 Å². The first kappa shape index (κ1) is 16.8. The third-order valence-corrected chi connectivity index (χ3v) is 3.47. The molecule has 0 aliphatic carbocycles. The summed E-state index contributed by atoms with van der Waals surface area (Å²) in [5.74, 6) is -0.856. The number of ether oxygens (including phenoxy) is 2. The molecule has 1 saturated heterocycles. The summed E-state index contributed by atoms with van der Waals surface area (Å²) in [5.41, 5.74) is -1.44. The standard InChI is InChI=1S/C14H25NO5/c1-13(2,3)20-12(18)15-8-5-6-14(7-9-15,10-19-4)11(16)17/h5-10H2,1-4H3,(H,16,17). The van der Waals surface area contributed by atoms with Crippen molar-refractivity contribution in [1.29, 1.82) is 0 Å². The molecule has 1 rings (SSSR count). The Morgan fingerprint density at radius 2 is 1.90 bits per heavy atom. The van der Waals surface area contributed by atoms with E-state index in [2.05, 4.69) is 0 Å². The number of hydrogen-bond donors (Lipinski definition) is 1. The van der Waals surface area contributed by atoms with E-state index in [-0.39, 0.29) is 12.7 Å². The van der Waals surface area contributed by atoms with Gasteiger partial charge >= 0.3 is 12.1 Å². The lowest BCUT2D eigenvalue weighted by Gasteiger charge is -2.28. The topological polar surface area (TPSA) is 76.1 Å². The molecule has 1 aliphatic heterocycles. The van der Waals surface area contributed by atoms with Crippen molar-refractivity contribution in [2.75, 3.05) is 26.8 Å². The highest BCUT2D eigenvalue weighted by Crippen LogP contribution is 2.32. The lowest BCUT2D eigenvalue weighted by Crippen LogP contribution is -2.39. The van der Waals surface area contributed by atoms with Crippen LogP contribution in [0.1, 0.15) is 40.0 Å². The van der Waals surface area contributed by atoms with Crippen molar-refractivity contribution in [3.05, 3.63) is 0 Å². The molecule has 6 nitrogen and oxygen atoms in total. The second kappa shape index (κ2) is 6.43. The van der Waals surface area contributed by atoms with Crippen LogP contribution >= 0.6 is 0 Å². The summed E-state index contributed by atoms with van der Waals surface area (Å²) in [4.78, 5) is 25.1. The Labute approximate surface area is 120 Å². The van der Waals surface area contributed by atoms with Crippen molar-refractivity contribution in [3.8, 4) is 0 Å². The van der Waals surface area contributed by atoms with Gasteiger partial charge in [0.05, 0.1) is 12.0 Å². The Morgan fingerprint density at radius 3 is 2.40 bits per heavy atom. The van der Waals surface area contributed by atoms with Gasteiger partial charge in [0.1, 0.15) is 5.60 Å². The summed E-state index contributed by atoms with van der Waals surface area (Å²) in [6.45, 7) is 6.52. The Hall–Kier alpha value is -1.30. The summed E-state index contributed by atoms with van der Waals surface area (Å²) < 4.78 is 10.4. The molecule has 20 heavy (non-hydrogen) atoms. The lowest BCUT2D eigenvalue weighted by molar-refractivity contribution is -0.153. The zero-order chi connectivity index (χ0) is 15.4. The van der Waals surface area contributed by atoms with Crippen molar-refractivity contribution in [3.63, 3.8) is 0 Å². The fourth-order valence-corrected chi connectivity index (χ4v) is 2.40. The predicted molar refractivity (Wildman–Crippen MR) is 73.6 cm³/mol. The maximum absolute atomic E-state index is 12.0. The van der Waals surface area contributed by atoms with Crippen LogP contribution < -0.4 is 0 Å². The zero-order valence-corrected chi connectivity index (χ0v) is 12.8. The molecule has 0 aromatic heterocycles. The van der Waals surface area contributed by atoms with E-state index in [1.165, 1.54) is 7.11 Å². The summed E-state index contributed by atoms with van der Waals surface area (Å²) >= 11 is 0. The fraction of sp³-hybridized carbons (Fsp3) is 0.857. The maximum Gasteiger partial charge on any atom is 0.410 e. The van der Waals surface area contributed by atoms with Gasteiger partial charge < -0.3 is 19.5 Å². The minimum Gasteiger partial charge on any atom is -0.481 e. The average Bonchev–Trinajstić information content (AvgIpc) is 2.51. The van der Waals surface area contributed by atoms with Gasteiger partial charge in [-0.3, -0.25) is 4.79 Å². The smallest absolute Gasteiger partial charge is 0.410 e. The highest BCUT2D eigenvalue weighted by molar-refractivity contribution is 5.75. The molecule has 1 fully saturated rings. The number of hydrogen-bond acceptors (Lipinski definition) is 4. The Morgan fingerprint density at radius 1 is 1.25 bits per heavy atom. The van der Waals surface area contributed by atoms with E-state index < -0.39 is 17.0 Å². The molecule has 116 valence electrons. The molecule has 1 N–H and O–H groups in total. The number of methoxy groups -OCH3 is 1. The van der Waals surface area contributed by atoms with Crippen molar-refractivity contribution >= 4 is 12.1 Å². The number of rotatable bonds is 3. The van der Waals surface area contributed by atoms with Crippen molar-refractivity contribution in [2.45, 2.75) is 45.6 Å². The molecule has 1 unspecified atom stereocenters. The molecule has 0 aromatic carbocycles. The second-order valence-corrected chi connectivity index (χ2v) is 6.34. The number of carboxylic acid groups (broad SMARTS) is 1. The van der Waals surface area contributed by atoms with Crippen LogP contribution in [0.25, 0.3) is 0 Å². The number of amides is 1. The van der Waals surface area contributed by atoms with Gasteiger partial charge in [-0.25, -0.2) is 4.79 Å². The zero-order valence-electron chi connectivity index (χ0n) is 12.8. The predicted octanol–water partition coefficient (Wildman–Crippen LogP) is 2.12. The monoisotopic (exact) mass is 287 g/mol. The number of likely N-dealkylation sites (tertiary alicyclic amines) is 1.